The van der Waals surface area contributed by atoms with Gasteiger partial charge in [-0.15, -0.1) is 0 Å². The van der Waals surface area contributed by atoms with E-state index >= 15 is 0 Å². The van der Waals surface area contributed by atoms with Crippen molar-refractivity contribution in [2.75, 3.05) is 12.4 Å². The van der Waals surface area contributed by atoms with Crippen LogP contribution >= 0.6 is 0 Å². The third-order valence-corrected chi connectivity index (χ3v) is 2.67. The van der Waals surface area contributed by atoms with Crippen molar-refractivity contribution in [1.29, 1.82) is 0 Å². The topological polar surface area (TPSA) is 90.2 Å². The lowest BCUT2D eigenvalue weighted by molar-refractivity contribution is -0.385. The number of benzene rings is 1. The van der Waals surface area contributed by atoms with Crippen LogP contribution in [0.25, 0.3) is 0 Å². The number of aryl methyl sites for hydroxylation is 1. The third-order valence-electron chi connectivity index (χ3n) is 2.67. The van der Waals surface area contributed by atoms with Crippen LogP contribution < -0.4 is 10.1 Å². The van der Waals surface area contributed by atoms with Crippen LogP contribution in [0.3, 0.4) is 0 Å². The number of para-hydroxylation sites is 1. The highest BCUT2D eigenvalue weighted by molar-refractivity contribution is 5.42. The van der Waals surface area contributed by atoms with Crippen LogP contribution in [0.15, 0.2) is 30.3 Å². The maximum atomic E-state index is 10.9. The van der Waals surface area contributed by atoms with Gasteiger partial charge in [-0.05, 0) is 6.92 Å². The van der Waals surface area contributed by atoms with E-state index in [2.05, 4.69) is 15.3 Å². The molecule has 0 fully saturated rings. The van der Waals surface area contributed by atoms with Crippen LogP contribution in [0, 0.1) is 17.0 Å². The Bertz CT molecular complexity index is 631. The first-order chi connectivity index (χ1) is 9.60. The molecule has 0 unspecified atom stereocenters. The molecule has 0 saturated carbocycles. The number of rotatable bonds is 5. The first-order valence-corrected chi connectivity index (χ1v) is 5.96. The molecule has 0 spiro atoms. The average molecular weight is 274 g/mol. The second-order valence-electron chi connectivity index (χ2n) is 4.11. The van der Waals surface area contributed by atoms with Crippen LogP contribution in [0.2, 0.25) is 0 Å². The number of anilines is 1. The summed E-state index contributed by atoms with van der Waals surface area (Å²) in [4.78, 5) is 18.8. The number of hydrogen-bond donors (Lipinski definition) is 1. The van der Waals surface area contributed by atoms with Crippen molar-refractivity contribution in [1.82, 2.24) is 9.97 Å². The van der Waals surface area contributed by atoms with Crippen molar-refractivity contribution >= 4 is 11.6 Å². The lowest BCUT2D eigenvalue weighted by Crippen LogP contribution is -2.07. The predicted molar refractivity (Wildman–Crippen MR) is 73.7 cm³/mol. The number of ether oxygens (including phenoxy) is 1. The Hall–Kier alpha value is -2.70. The molecule has 0 aliphatic carbocycles. The average Bonchev–Trinajstić information content (AvgIpc) is 2.44. The summed E-state index contributed by atoms with van der Waals surface area (Å²) in [6.45, 7) is 2.09. The molecule has 7 nitrogen and oxygen atoms in total. The van der Waals surface area contributed by atoms with Crippen LogP contribution in [0.5, 0.6) is 5.88 Å². The smallest absolute Gasteiger partial charge is 0.274 e. The zero-order valence-electron chi connectivity index (χ0n) is 11.2. The molecule has 104 valence electrons. The van der Waals surface area contributed by atoms with E-state index in [1.54, 1.807) is 24.3 Å². The molecule has 2 rings (SSSR count). The monoisotopic (exact) mass is 274 g/mol. The fourth-order valence-corrected chi connectivity index (χ4v) is 1.74. The molecule has 1 aromatic heterocycles. The Balaban J connectivity index is 2.17. The van der Waals surface area contributed by atoms with Crippen LogP contribution in [0.1, 0.15) is 11.3 Å². The summed E-state index contributed by atoms with van der Waals surface area (Å²) >= 11 is 0. The van der Waals surface area contributed by atoms with Gasteiger partial charge in [0.05, 0.1) is 12.0 Å². The van der Waals surface area contributed by atoms with Crippen molar-refractivity contribution in [3.8, 4) is 5.88 Å². The summed E-state index contributed by atoms with van der Waals surface area (Å²) < 4.78 is 5.05. The van der Waals surface area contributed by atoms with Gasteiger partial charge in [-0.3, -0.25) is 10.1 Å². The highest BCUT2D eigenvalue weighted by atomic mass is 16.6. The molecule has 0 aliphatic rings. The van der Waals surface area contributed by atoms with E-state index in [0.717, 1.165) is 5.69 Å². The fourth-order valence-electron chi connectivity index (χ4n) is 1.74. The molecule has 1 aromatic carbocycles. The summed E-state index contributed by atoms with van der Waals surface area (Å²) in [5.41, 5.74) is 1.39. The second-order valence-corrected chi connectivity index (χ2v) is 4.11. The van der Waals surface area contributed by atoms with Crippen LogP contribution in [-0.2, 0) is 6.54 Å². The molecule has 0 radical (unpaired) electrons. The molecule has 0 saturated heterocycles. The molecule has 2 aromatic rings. The predicted octanol–water partition coefficient (Wildman–Crippen LogP) is 2.31. The Morgan fingerprint density at radius 3 is 2.80 bits per heavy atom. The number of nitrogens with zero attached hydrogens (tertiary/aromatic N) is 3. The first kappa shape index (κ1) is 13.7. The maximum Gasteiger partial charge on any atom is 0.274 e. The largest absolute Gasteiger partial charge is 0.481 e. The van der Waals surface area contributed by atoms with E-state index < -0.39 is 4.92 Å². The summed E-state index contributed by atoms with van der Waals surface area (Å²) in [6.07, 6.45) is 0. The van der Waals surface area contributed by atoms with E-state index in [1.165, 1.54) is 13.2 Å². The quantitative estimate of drug-likeness (QED) is 0.664. The van der Waals surface area contributed by atoms with Crippen LogP contribution in [-0.4, -0.2) is 22.0 Å². The van der Waals surface area contributed by atoms with Gasteiger partial charge in [0.15, 0.2) is 0 Å². The van der Waals surface area contributed by atoms with Gasteiger partial charge in [0, 0.05) is 29.9 Å². The zero-order chi connectivity index (χ0) is 14.5. The lowest BCUT2D eigenvalue weighted by Gasteiger charge is -2.07. The first-order valence-electron chi connectivity index (χ1n) is 5.96. The van der Waals surface area contributed by atoms with Gasteiger partial charge in [0.2, 0.25) is 11.8 Å². The van der Waals surface area contributed by atoms with Crippen molar-refractivity contribution in [2.45, 2.75) is 13.5 Å². The van der Waals surface area contributed by atoms with E-state index in [-0.39, 0.29) is 12.2 Å². The Labute approximate surface area is 115 Å². The molecule has 0 bridgehead atoms. The highest BCUT2D eigenvalue weighted by Crippen LogP contribution is 2.19. The zero-order valence-corrected chi connectivity index (χ0v) is 11.2. The molecular formula is C13H14N4O3. The fraction of sp³-hybridized carbons (Fsp3) is 0.231. The lowest BCUT2D eigenvalue weighted by atomic mass is 10.2. The van der Waals surface area contributed by atoms with Gasteiger partial charge in [0.1, 0.15) is 0 Å². The summed E-state index contributed by atoms with van der Waals surface area (Å²) in [5, 5.41) is 13.9. The molecule has 0 aliphatic heterocycles. The standard InChI is InChI=1S/C13H14N4O3/c1-9-7-12(20-2)16-13(15-9)14-8-10-5-3-4-6-11(10)17(18)19/h3-7H,8H2,1-2H3,(H,14,15,16). The molecule has 0 atom stereocenters. The molecule has 1 heterocycles. The summed E-state index contributed by atoms with van der Waals surface area (Å²) in [6, 6.07) is 8.25. The minimum absolute atomic E-state index is 0.0691. The van der Waals surface area contributed by atoms with Gasteiger partial charge in [-0.25, -0.2) is 4.98 Å². The van der Waals surface area contributed by atoms with Gasteiger partial charge < -0.3 is 10.1 Å². The number of nitrogens with one attached hydrogen (secondary N) is 1. The number of nitro benzene ring substituents is 1. The van der Waals surface area contributed by atoms with Gasteiger partial charge in [-0.2, -0.15) is 4.98 Å². The number of aromatic nitrogens is 2. The van der Waals surface area contributed by atoms with E-state index in [9.17, 15) is 10.1 Å². The molecule has 1 N–H and O–H groups in total. The molecule has 20 heavy (non-hydrogen) atoms. The summed E-state index contributed by atoms with van der Waals surface area (Å²) in [5.74, 6) is 0.822. The van der Waals surface area contributed by atoms with Crippen LogP contribution in [0.4, 0.5) is 11.6 Å². The highest BCUT2D eigenvalue weighted by Gasteiger charge is 2.12. The van der Waals surface area contributed by atoms with Gasteiger partial charge >= 0.3 is 0 Å². The Morgan fingerprint density at radius 1 is 1.35 bits per heavy atom. The molecule has 7 heteroatoms. The van der Waals surface area contributed by atoms with Crippen molar-refractivity contribution in [3.05, 3.63) is 51.7 Å². The van der Waals surface area contributed by atoms with E-state index in [1.807, 2.05) is 6.92 Å². The summed E-state index contributed by atoms with van der Waals surface area (Å²) in [7, 11) is 1.52. The van der Waals surface area contributed by atoms with Gasteiger partial charge in [0.25, 0.3) is 5.69 Å². The van der Waals surface area contributed by atoms with Crippen molar-refractivity contribution in [2.24, 2.45) is 0 Å². The third kappa shape index (κ3) is 3.19. The van der Waals surface area contributed by atoms with E-state index in [4.69, 9.17) is 4.74 Å². The Morgan fingerprint density at radius 2 is 2.10 bits per heavy atom. The van der Waals surface area contributed by atoms with Crippen molar-refractivity contribution in [3.63, 3.8) is 0 Å². The number of methoxy groups -OCH3 is 1. The molecular weight excluding hydrogens is 260 g/mol. The minimum Gasteiger partial charge on any atom is -0.481 e. The SMILES string of the molecule is COc1cc(C)nc(NCc2ccccc2[N+](=O)[O-])n1. The minimum atomic E-state index is -0.408. The number of hydrogen-bond acceptors (Lipinski definition) is 6. The molecule has 0 amide bonds. The number of nitro groups is 1. The Kier molecular flexibility index (Phi) is 4.09. The normalized spacial score (nSPS) is 10.1. The van der Waals surface area contributed by atoms with E-state index in [0.29, 0.717) is 17.4 Å². The van der Waals surface area contributed by atoms with Crippen molar-refractivity contribution < 1.29 is 9.66 Å². The maximum absolute atomic E-state index is 10.9. The van der Waals surface area contributed by atoms with Gasteiger partial charge in [-0.1, -0.05) is 18.2 Å². The second kappa shape index (κ2) is 5.96.